The number of fused-ring (bicyclic) bond motifs is 6. The van der Waals surface area contributed by atoms with E-state index in [1.54, 1.807) is 0 Å². The highest BCUT2D eigenvalue weighted by atomic mass is 16.6. The van der Waals surface area contributed by atoms with Crippen molar-refractivity contribution in [2.45, 2.75) is 83.5 Å². The van der Waals surface area contributed by atoms with Gasteiger partial charge >= 0.3 is 5.97 Å². The van der Waals surface area contributed by atoms with Gasteiger partial charge in [-0.1, -0.05) is 19.4 Å². The monoisotopic (exact) mass is 388 g/mol. The SMILES string of the molecule is CC(=O)OCC1O[C@@]12CC[C@H]1[C@@H]3CCC4=CC(=O)CC[C@]4(C)[C@H]3[C@@H](O)C[C@@]12C. The summed E-state index contributed by atoms with van der Waals surface area (Å²) in [4.78, 5) is 23.2. The van der Waals surface area contributed by atoms with Crippen molar-refractivity contribution in [3.8, 4) is 0 Å². The lowest BCUT2D eigenvalue weighted by Gasteiger charge is -2.59. The molecular weight excluding hydrogens is 356 g/mol. The van der Waals surface area contributed by atoms with E-state index in [1.807, 2.05) is 6.08 Å². The molecule has 1 saturated heterocycles. The van der Waals surface area contributed by atoms with Gasteiger partial charge in [0.2, 0.25) is 0 Å². The van der Waals surface area contributed by atoms with Crippen LogP contribution in [0.2, 0.25) is 0 Å². The van der Waals surface area contributed by atoms with E-state index in [0.29, 0.717) is 24.9 Å². The van der Waals surface area contributed by atoms with Gasteiger partial charge in [-0.25, -0.2) is 0 Å². The summed E-state index contributed by atoms with van der Waals surface area (Å²) in [5, 5.41) is 11.4. The Kier molecular flexibility index (Phi) is 3.97. The Morgan fingerprint density at radius 1 is 1.29 bits per heavy atom. The molecule has 4 fully saturated rings. The minimum Gasteiger partial charge on any atom is -0.463 e. The van der Waals surface area contributed by atoms with Crippen LogP contribution in [0.1, 0.15) is 65.7 Å². The van der Waals surface area contributed by atoms with Crippen LogP contribution in [0, 0.1) is 28.6 Å². The Morgan fingerprint density at radius 2 is 2.07 bits per heavy atom. The minimum atomic E-state index is -0.373. The predicted octanol–water partition coefficient (Wildman–Crippen LogP) is 3.19. The van der Waals surface area contributed by atoms with Crippen molar-refractivity contribution >= 4 is 11.8 Å². The summed E-state index contributed by atoms with van der Waals surface area (Å²) in [5.41, 5.74) is 0.921. The first-order valence-electron chi connectivity index (χ1n) is 10.9. The van der Waals surface area contributed by atoms with Gasteiger partial charge in [-0.2, -0.15) is 0 Å². The smallest absolute Gasteiger partial charge is 0.302 e. The summed E-state index contributed by atoms with van der Waals surface area (Å²) in [6.07, 6.45) is 7.85. The molecule has 1 unspecified atom stereocenters. The fraction of sp³-hybridized carbons (Fsp3) is 0.826. The van der Waals surface area contributed by atoms with Gasteiger partial charge in [0.25, 0.3) is 0 Å². The van der Waals surface area contributed by atoms with Gasteiger partial charge in [0.1, 0.15) is 18.3 Å². The fourth-order valence-corrected chi connectivity index (χ4v) is 8.01. The fourth-order valence-electron chi connectivity index (χ4n) is 8.01. The van der Waals surface area contributed by atoms with E-state index in [4.69, 9.17) is 9.47 Å². The maximum Gasteiger partial charge on any atom is 0.302 e. The standard InChI is InChI=1S/C23H32O5/c1-13(24)27-12-19-23(28-19)9-7-17-16-5-4-14-10-15(25)6-8-21(14,2)20(16)18(26)11-22(17,23)3/h10,16-20,26H,4-9,11-12H2,1-3H3/t16-,17-,18-,19?,20+,21-,22-,23-/m0/s1. The van der Waals surface area contributed by atoms with Crippen LogP contribution in [0.5, 0.6) is 0 Å². The molecule has 0 aromatic carbocycles. The summed E-state index contributed by atoms with van der Waals surface area (Å²) < 4.78 is 11.5. The van der Waals surface area contributed by atoms with Crippen LogP contribution in [0.25, 0.3) is 0 Å². The zero-order valence-electron chi connectivity index (χ0n) is 17.2. The molecule has 28 heavy (non-hydrogen) atoms. The van der Waals surface area contributed by atoms with Gasteiger partial charge in [-0.05, 0) is 67.8 Å². The van der Waals surface area contributed by atoms with Crippen LogP contribution in [0.4, 0.5) is 0 Å². The number of carbonyl (C=O) groups is 2. The minimum absolute atomic E-state index is 0.0305. The molecule has 4 aliphatic carbocycles. The number of epoxide rings is 1. The van der Waals surface area contributed by atoms with Gasteiger partial charge in [-0.15, -0.1) is 0 Å². The van der Waals surface area contributed by atoms with Crippen LogP contribution >= 0.6 is 0 Å². The maximum absolute atomic E-state index is 12.0. The molecule has 0 radical (unpaired) electrons. The molecule has 5 aliphatic rings. The third-order valence-electron chi connectivity index (χ3n) is 9.33. The lowest BCUT2D eigenvalue weighted by Crippen LogP contribution is -2.58. The number of esters is 1. The summed E-state index contributed by atoms with van der Waals surface area (Å²) in [5.74, 6) is 1.22. The lowest BCUT2D eigenvalue weighted by atomic mass is 9.46. The average Bonchev–Trinajstić information content (AvgIpc) is 3.27. The number of aliphatic hydroxyl groups excluding tert-OH is 1. The molecule has 1 heterocycles. The molecule has 1 spiro atoms. The molecule has 3 saturated carbocycles. The van der Waals surface area contributed by atoms with Crippen LogP contribution in [0.3, 0.4) is 0 Å². The summed E-state index contributed by atoms with van der Waals surface area (Å²) in [6, 6.07) is 0. The number of ketones is 1. The average molecular weight is 389 g/mol. The Balaban J connectivity index is 1.43. The first-order valence-corrected chi connectivity index (χ1v) is 10.9. The van der Waals surface area contributed by atoms with E-state index >= 15 is 0 Å². The third-order valence-corrected chi connectivity index (χ3v) is 9.33. The number of aliphatic hydroxyl groups is 1. The highest BCUT2D eigenvalue weighted by Gasteiger charge is 2.75. The molecule has 0 amide bonds. The molecular formula is C23H32O5. The molecule has 8 atom stereocenters. The van der Waals surface area contributed by atoms with Crippen molar-refractivity contribution in [1.29, 1.82) is 0 Å². The van der Waals surface area contributed by atoms with Crippen molar-refractivity contribution in [2.24, 2.45) is 28.6 Å². The van der Waals surface area contributed by atoms with Crippen molar-refractivity contribution in [2.75, 3.05) is 6.61 Å². The van der Waals surface area contributed by atoms with E-state index in [-0.39, 0.29) is 46.3 Å². The normalized spacial score (nSPS) is 51.8. The molecule has 0 aromatic heterocycles. The van der Waals surface area contributed by atoms with Gasteiger partial charge in [0, 0.05) is 18.8 Å². The van der Waals surface area contributed by atoms with Crippen molar-refractivity contribution in [3.63, 3.8) is 0 Å². The predicted molar refractivity (Wildman–Crippen MR) is 102 cm³/mol. The molecule has 154 valence electrons. The maximum atomic E-state index is 12.0. The first kappa shape index (κ1) is 18.8. The van der Waals surface area contributed by atoms with Crippen molar-refractivity contribution in [1.82, 2.24) is 0 Å². The van der Waals surface area contributed by atoms with E-state index in [2.05, 4.69) is 13.8 Å². The Labute approximate surface area is 166 Å². The molecule has 5 heteroatoms. The van der Waals surface area contributed by atoms with Crippen LogP contribution < -0.4 is 0 Å². The van der Waals surface area contributed by atoms with Gasteiger partial charge in [0.05, 0.1) is 6.10 Å². The van der Waals surface area contributed by atoms with E-state index < -0.39 is 0 Å². The highest BCUT2D eigenvalue weighted by Crippen LogP contribution is 2.72. The number of ether oxygens (including phenoxy) is 2. The second kappa shape index (κ2) is 5.91. The first-order chi connectivity index (χ1) is 13.2. The molecule has 1 aliphatic heterocycles. The van der Waals surface area contributed by atoms with Gasteiger partial charge in [-0.3, -0.25) is 9.59 Å². The van der Waals surface area contributed by atoms with E-state index in [0.717, 1.165) is 38.5 Å². The number of rotatable bonds is 2. The third kappa shape index (κ3) is 2.32. The van der Waals surface area contributed by atoms with E-state index in [9.17, 15) is 14.7 Å². The van der Waals surface area contributed by atoms with Crippen LogP contribution in [-0.2, 0) is 19.1 Å². The zero-order valence-corrected chi connectivity index (χ0v) is 17.2. The van der Waals surface area contributed by atoms with Crippen molar-refractivity contribution < 1.29 is 24.2 Å². The summed E-state index contributed by atoms with van der Waals surface area (Å²) >= 11 is 0. The van der Waals surface area contributed by atoms with Gasteiger partial charge in [0.15, 0.2) is 5.78 Å². The summed E-state index contributed by atoms with van der Waals surface area (Å²) in [6.45, 7) is 6.35. The number of carbonyl (C=O) groups excluding carboxylic acids is 2. The van der Waals surface area contributed by atoms with Crippen LogP contribution in [-0.4, -0.2) is 41.3 Å². The molecule has 0 aromatic rings. The summed E-state index contributed by atoms with van der Waals surface area (Å²) in [7, 11) is 0. The quantitative estimate of drug-likeness (QED) is 0.581. The second-order valence-electron chi connectivity index (χ2n) is 10.4. The molecule has 0 bridgehead atoms. The topological polar surface area (TPSA) is 76.1 Å². The Morgan fingerprint density at radius 3 is 2.82 bits per heavy atom. The van der Waals surface area contributed by atoms with Gasteiger partial charge < -0.3 is 14.6 Å². The largest absolute Gasteiger partial charge is 0.463 e. The highest BCUT2D eigenvalue weighted by molar-refractivity contribution is 5.91. The Bertz CT molecular complexity index is 758. The number of hydrogen-bond acceptors (Lipinski definition) is 5. The number of hydrogen-bond donors (Lipinski definition) is 1. The van der Waals surface area contributed by atoms with Crippen molar-refractivity contribution in [3.05, 3.63) is 11.6 Å². The molecule has 5 nitrogen and oxygen atoms in total. The van der Waals surface area contributed by atoms with Crippen LogP contribution in [0.15, 0.2) is 11.6 Å². The lowest BCUT2D eigenvalue weighted by molar-refractivity contribution is -0.141. The Hall–Kier alpha value is -1.20. The molecule has 1 N–H and O–H groups in total. The number of allylic oxidation sites excluding steroid dienone is 1. The van der Waals surface area contributed by atoms with E-state index in [1.165, 1.54) is 12.5 Å². The second-order valence-corrected chi connectivity index (χ2v) is 10.4. The molecule has 5 rings (SSSR count). The zero-order chi connectivity index (χ0) is 19.9.